The summed E-state index contributed by atoms with van der Waals surface area (Å²) in [5.74, 6) is -1.18. The van der Waals surface area contributed by atoms with E-state index < -0.39 is 12.0 Å². The molecule has 2 atom stereocenters. The molecule has 0 aromatic heterocycles. The monoisotopic (exact) mass is 452 g/mol. The number of ether oxygens (including phenoxy) is 2. The highest BCUT2D eigenvalue weighted by atomic mass is 16.6. The number of esters is 1. The molecule has 0 spiro atoms. The van der Waals surface area contributed by atoms with Crippen LogP contribution in [0.5, 0.6) is 0 Å². The zero-order chi connectivity index (χ0) is 23.7. The average molecular weight is 453 g/mol. The highest BCUT2D eigenvalue weighted by molar-refractivity contribution is 5.79. The Labute approximate surface area is 198 Å². The maximum absolute atomic E-state index is 13.1. The van der Waals surface area contributed by atoms with Crippen LogP contribution in [0.25, 0.3) is 11.1 Å². The Morgan fingerprint density at radius 3 is 2.29 bits per heavy atom. The van der Waals surface area contributed by atoms with Gasteiger partial charge >= 0.3 is 12.1 Å². The minimum atomic E-state index is -0.514. The van der Waals surface area contributed by atoms with Crippen molar-refractivity contribution in [3.05, 3.63) is 95.1 Å². The Morgan fingerprint density at radius 2 is 1.65 bits per heavy atom. The molecule has 170 valence electrons. The van der Waals surface area contributed by atoms with Gasteiger partial charge in [-0.3, -0.25) is 4.79 Å². The molecule has 0 saturated carbocycles. The molecule has 1 aliphatic carbocycles. The van der Waals surface area contributed by atoms with Crippen molar-refractivity contribution in [1.82, 2.24) is 4.90 Å². The van der Waals surface area contributed by atoms with E-state index in [0.717, 1.165) is 16.7 Å². The zero-order valence-electron chi connectivity index (χ0n) is 18.8. The Morgan fingerprint density at radius 1 is 0.971 bits per heavy atom. The van der Waals surface area contributed by atoms with Gasteiger partial charge in [-0.1, -0.05) is 60.7 Å². The standard InChI is InChI=1S/C28H24N2O4/c1-33-27(31)25-16-30(15-24(25)19-8-6-7-18(13-19)14-29)28(32)34-17-26-22-11-4-2-9-20(22)21-10-3-5-12-23(21)26/h2-13,24-26H,15-17H2,1H3/t24-,25+/m1/s1. The molecule has 2 aliphatic rings. The van der Waals surface area contributed by atoms with Crippen LogP contribution in [-0.2, 0) is 14.3 Å². The van der Waals surface area contributed by atoms with Crippen LogP contribution in [0.3, 0.4) is 0 Å². The second kappa shape index (κ2) is 9.03. The summed E-state index contributed by atoms with van der Waals surface area (Å²) < 4.78 is 10.8. The van der Waals surface area contributed by atoms with E-state index in [9.17, 15) is 14.9 Å². The summed E-state index contributed by atoms with van der Waals surface area (Å²) in [5.41, 5.74) is 5.99. The maximum atomic E-state index is 13.1. The van der Waals surface area contributed by atoms with Crippen molar-refractivity contribution in [2.24, 2.45) is 5.92 Å². The number of hydrogen-bond donors (Lipinski definition) is 0. The van der Waals surface area contributed by atoms with Crippen LogP contribution < -0.4 is 0 Å². The summed E-state index contributed by atoms with van der Waals surface area (Å²) in [5, 5.41) is 9.25. The molecule has 6 heteroatoms. The van der Waals surface area contributed by atoms with Gasteiger partial charge in [-0.15, -0.1) is 0 Å². The molecule has 0 bridgehead atoms. The van der Waals surface area contributed by atoms with Crippen molar-refractivity contribution in [2.45, 2.75) is 11.8 Å². The van der Waals surface area contributed by atoms with Gasteiger partial charge in [-0.25, -0.2) is 4.79 Å². The molecular formula is C28H24N2O4. The number of likely N-dealkylation sites (tertiary alicyclic amines) is 1. The molecule has 6 nitrogen and oxygen atoms in total. The summed E-state index contributed by atoms with van der Waals surface area (Å²) in [6, 6.07) is 25.7. The number of amides is 1. The first kappa shape index (κ1) is 21.7. The smallest absolute Gasteiger partial charge is 0.409 e. The van der Waals surface area contributed by atoms with E-state index in [0.29, 0.717) is 12.1 Å². The summed E-state index contributed by atoms with van der Waals surface area (Å²) in [6.45, 7) is 0.761. The maximum Gasteiger partial charge on any atom is 0.409 e. The van der Waals surface area contributed by atoms with Crippen LogP contribution in [0.1, 0.15) is 34.1 Å². The molecular weight excluding hydrogens is 428 g/mol. The van der Waals surface area contributed by atoms with E-state index in [1.165, 1.54) is 18.2 Å². The molecule has 1 heterocycles. The number of rotatable bonds is 4. The van der Waals surface area contributed by atoms with E-state index in [1.54, 1.807) is 23.1 Å². The number of hydrogen-bond acceptors (Lipinski definition) is 5. The van der Waals surface area contributed by atoms with Crippen molar-refractivity contribution in [3.63, 3.8) is 0 Å². The third kappa shape index (κ3) is 3.80. The molecule has 34 heavy (non-hydrogen) atoms. The molecule has 1 saturated heterocycles. The predicted octanol–water partition coefficient (Wildman–Crippen LogP) is 4.70. The van der Waals surface area contributed by atoms with Gasteiger partial charge in [0.2, 0.25) is 0 Å². The SMILES string of the molecule is COC(=O)[C@H]1CN(C(=O)OCC2c3ccccc3-c3ccccc32)C[C@@H]1c1cccc(C#N)c1. The van der Waals surface area contributed by atoms with E-state index in [1.807, 2.05) is 30.3 Å². The van der Waals surface area contributed by atoms with E-state index in [4.69, 9.17) is 9.47 Å². The largest absolute Gasteiger partial charge is 0.469 e. The molecule has 1 aliphatic heterocycles. The first-order valence-corrected chi connectivity index (χ1v) is 11.3. The number of methoxy groups -OCH3 is 1. The molecule has 0 radical (unpaired) electrons. The van der Waals surface area contributed by atoms with Gasteiger partial charge in [0, 0.05) is 24.9 Å². The van der Waals surface area contributed by atoms with Gasteiger partial charge < -0.3 is 14.4 Å². The van der Waals surface area contributed by atoms with Crippen LogP contribution in [0.4, 0.5) is 4.79 Å². The number of carbonyl (C=O) groups is 2. The molecule has 0 unspecified atom stereocenters. The lowest BCUT2D eigenvalue weighted by atomic mass is 9.88. The lowest BCUT2D eigenvalue weighted by molar-refractivity contribution is -0.145. The molecule has 3 aromatic carbocycles. The summed E-state index contributed by atoms with van der Waals surface area (Å²) >= 11 is 0. The summed E-state index contributed by atoms with van der Waals surface area (Å²) in [6.07, 6.45) is -0.449. The molecule has 5 rings (SSSR count). The fraction of sp³-hybridized carbons (Fsp3) is 0.250. The minimum Gasteiger partial charge on any atom is -0.469 e. The first-order valence-electron chi connectivity index (χ1n) is 11.3. The van der Waals surface area contributed by atoms with Crippen molar-refractivity contribution in [1.29, 1.82) is 5.26 Å². The van der Waals surface area contributed by atoms with Crippen LogP contribution in [0.2, 0.25) is 0 Å². The van der Waals surface area contributed by atoms with Crippen molar-refractivity contribution >= 4 is 12.1 Å². The number of carbonyl (C=O) groups excluding carboxylic acids is 2. The topological polar surface area (TPSA) is 79.6 Å². The van der Waals surface area contributed by atoms with Crippen LogP contribution in [-0.4, -0.2) is 43.8 Å². The number of nitriles is 1. The van der Waals surface area contributed by atoms with Gasteiger partial charge in [0.1, 0.15) is 6.61 Å². The van der Waals surface area contributed by atoms with E-state index in [2.05, 4.69) is 30.3 Å². The van der Waals surface area contributed by atoms with Gasteiger partial charge in [-0.05, 0) is 39.9 Å². The third-order valence-corrected chi connectivity index (χ3v) is 6.86. The molecule has 3 aromatic rings. The van der Waals surface area contributed by atoms with Crippen molar-refractivity contribution in [2.75, 3.05) is 26.8 Å². The second-order valence-corrected chi connectivity index (χ2v) is 8.68. The first-order chi connectivity index (χ1) is 16.6. The zero-order valence-corrected chi connectivity index (χ0v) is 18.8. The predicted molar refractivity (Wildman–Crippen MR) is 126 cm³/mol. The highest BCUT2D eigenvalue weighted by Crippen LogP contribution is 2.44. The fourth-order valence-electron chi connectivity index (χ4n) is 5.21. The third-order valence-electron chi connectivity index (χ3n) is 6.86. The quantitative estimate of drug-likeness (QED) is 0.537. The molecule has 0 N–H and O–H groups in total. The normalized spacial score (nSPS) is 18.6. The summed E-state index contributed by atoms with van der Waals surface area (Å²) in [7, 11) is 1.35. The highest BCUT2D eigenvalue weighted by Gasteiger charge is 2.42. The molecule has 1 fully saturated rings. The van der Waals surface area contributed by atoms with Crippen molar-refractivity contribution in [3.8, 4) is 17.2 Å². The lowest BCUT2D eigenvalue weighted by Crippen LogP contribution is -2.31. The van der Waals surface area contributed by atoms with Gasteiger partial charge in [-0.2, -0.15) is 5.26 Å². The van der Waals surface area contributed by atoms with Gasteiger partial charge in [0.05, 0.1) is 24.7 Å². The number of nitrogens with zero attached hydrogens (tertiary/aromatic N) is 2. The molecule has 1 amide bonds. The Hall–Kier alpha value is -4.11. The van der Waals surface area contributed by atoms with Crippen LogP contribution in [0.15, 0.2) is 72.8 Å². The minimum absolute atomic E-state index is 0.0292. The van der Waals surface area contributed by atoms with E-state index >= 15 is 0 Å². The van der Waals surface area contributed by atoms with Gasteiger partial charge in [0.25, 0.3) is 0 Å². The number of benzene rings is 3. The fourth-order valence-corrected chi connectivity index (χ4v) is 5.21. The lowest BCUT2D eigenvalue weighted by Gasteiger charge is -2.19. The summed E-state index contributed by atoms with van der Waals surface area (Å²) in [4.78, 5) is 27.1. The Balaban J connectivity index is 1.33. The van der Waals surface area contributed by atoms with Gasteiger partial charge in [0.15, 0.2) is 0 Å². The Kier molecular flexibility index (Phi) is 5.77. The van der Waals surface area contributed by atoms with Crippen LogP contribution >= 0.6 is 0 Å². The van der Waals surface area contributed by atoms with Crippen molar-refractivity contribution < 1.29 is 19.1 Å². The Bertz CT molecular complexity index is 1250. The van der Waals surface area contributed by atoms with Crippen LogP contribution in [0, 0.1) is 17.2 Å². The number of fused-ring (bicyclic) bond motifs is 3. The average Bonchev–Trinajstić information content (AvgIpc) is 3.47. The second-order valence-electron chi connectivity index (χ2n) is 8.68. The van der Waals surface area contributed by atoms with E-state index in [-0.39, 0.29) is 31.0 Å².